The number of benzene rings is 1. The van der Waals surface area contributed by atoms with E-state index >= 15 is 0 Å². The molecule has 2 aromatic rings. The first-order valence-electron chi connectivity index (χ1n) is 4.91. The molecule has 0 spiro atoms. The third-order valence-corrected chi connectivity index (χ3v) is 2.34. The fourth-order valence-corrected chi connectivity index (χ4v) is 1.51. The van der Waals surface area contributed by atoms with E-state index in [9.17, 15) is 18.7 Å². The van der Waals surface area contributed by atoms with Gasteiger partial charge in [-0.2, -0.15) is 0 Å². The Kier molecular flexibility index (Phi) is 3.07. The molecule has 19 heavy (non-hydrogen) atoms. The summed E-state index contributed by atoms with van der Waals surface area (Å²) in [5, 5.41) is 21.4. The van der Waals surface area contributed by atoms with Crippen molar-refractivity contribution in [3.8, 4) is 22.8 Å². The van der Waals surface area contributed by atoms with Crippen LogP contribution in [0.1, 0.15) is 10.5 Å². The van der Waals surface area contributed by atoms with Gasteiger partial charge in [0.15, 0.2) is 34.6 Å². The Morgan fingerprint density at radius 2 is 2.05 bits per heavy atom. The van der Waals surface area contributed by atoms with Crippen LogP contribution in [-0.2, 0) is 0 Å². The second-order valence-electron chi connectivity index (χ2n) is 3.48. The van der Waals surface area contributed by atoms with Crippen molar-refractivity contribution in [2.75, 3.05) is 7.11 Å². The summed E-state index contributed by atoms with van der Waals surface area (Å²) in [4.78, 5) is 10.7. The van der Waals surface area contributed by atoms with E-state index in [-0.39, 0.29) is 5.76 Å². The minimum atomic E-state index is -1.38. The molecule has 6 nitrogen and oxygen atoms in total. The van der Waals surface area contributed by atoms with Crippen LogP contribution in [-0.4, -0.2) is 28.4 Å². The SMILES string of the molecule is COc1c(F)cc(F)c(O)c1-c1cc(C(=O)O)no1. The zero-order valence-corrected chi connectivity index (χ0v) is 9.48. The van der Waals surface area contributed by atoms with Gasteiger partial charge in [0.2, 0.25) is 0 Å². The molecule has 1 heterocycles. The van der Waals surface area contributed by atoms with Crippen molar-refractivity contribution in [1.82, 2.24) is 5.16 Å². The Morgan fingerprint density at radius 3 is 2.58 bits per heavy atom. The first kappa shape index (κ1) is 12.8. The summed E-state index contributed by atoms with van der Waals surface area (Å²) < 4.78 is 36.1. The van der Waals surface area contributed by atoms with Gasteiger partial charge in [-0.25, -0.2) is 13.6 Å². The van der Waals surface area contributed by atoms with Crippen LogP contribution in [0.15, 0.2) is 16.7 Å². The summed E-state index contributed by atoms with van der Waals surface area (Å²) in [6.45, 7) is 0. The summed E-state index contributed by atoms with van der Waals surface area (Å²) in [7, 11) is 1.10. The normalized spacial score (nSPS) is 10.5. The van der Waals surface area contributed by atoms with Crippen molar-refractivity contribution in [3.05, 3.63) is 29.5 Å². The highest BCUT2D eigenvalue weighted by molar-refractivity contribution is 5.87. The zero-order valence-electron chi connectivity index (χ0n) is 9.48. The van der Waals surface area contributed by atoms with E-state index in [0.717, 1.165) is 13.2 Å². The highest BCUT2D eigenvalue weighted by atomic mass is 19.1. The molecular formula is C11H7F2NO5. The fraction of sp³-hybridized carbons (Fsp3) is 0.0909. The zero-order chi connectivity index (χ0) is 14.2. The van der Waals surface area contributed by atoms with Crippen LogP contribution in [0.2, 0.25) is 0 Å². The molecule has 2 N–H and O–H groups in total. The molecule has 0 aliphatic rings. The van der Waals surface area contributed by atoms with Crippen LogP contribution in [0.3, 0.4) is 0 Å². The van der Waals surface area contributed by atoms with E-state index in [1.54, 1.807) is 0 Å². The molecule has 0 amide bonds. The largest absolute Gasteiger partial charge is 0.504 e. The standard InChI is InChI=1S/C11H7F2NO5/c1-18-10-5(13)2-4(12)9(15)8(10)7-3-6(11(16)17)14-19-7/h2-3,15H,1H3,(H,16,17). The molecule has 0 atom stereocenters. The molecule has 100 valence electrons. The van der Waals surface area contributed by atoms with Gasteiger partial charge in [0, 0.05) is 12.1 Å². The minimum absolute atomic E-state index is 0.329. The van der Waals surface area contributed by atoms with Crippen molar-refractivity contribution in [3.63, 3.8) is 0 Å². The van der Waals surface area contributed by atoms with Crippen molar-refractivity contribution in [2.24, 2.45) is 0 Å². The monoisotopic (exact) mass is 271 g/mol. The molecule has 8 heteroatoms. The number of carbonyl (C=O) groups is 1. The number of aromatic nitrogens is 1. The first-order chi connectivity index (χ1) is 8.95. The second-order valence-corrected chi connectivity index (χ2v) is 3.48. The van der Waals surface area contributed by atoms with Crippen molar-refractivity contribution in [1.29, 1.82) is 0 Å². The van der Waals surface area contributed by atoms with Crippen molar-refractivity contribution in [2.45, 2.75) is 0 Å². The lowest BCUT2D eigenvalue weighted by Crippen LogP contribution is -1.95. The highest BCUT2D eigenvalue weighted by Gasteiger charge is 2.24. The van der Waals surface area contributed by atoms with Crippen LogP contribution < -0.4 is 4.74 Å². The maximum Gasteiger partial charge on any atom is 0.358 e. The average Bonchev–Trinajstić information content (AvgIpc) is 2.82. The number of ether oxygens (including phenoxy) is 1. The van der Waals surface area contributed by atoms with Crippen LogP contribution in [0.25, 0.3) is 11.3 Å². The van der Waals surface area contributed by atoms with E-state index in [2.05, 4.69) is 9.68 Å². The molecule has 0 aliphatic carbocycles. The van der Waals surface area contributed by atoms with Gasteiger partial charge in [-0.1, -0.05) is 5.16 Å². The number of halogens is 2. The summed E-state index contributed by atoms with van der Waals surface area (Å²) in [5.74, 6) is -5.42. The third-order valence-electron chi connectivity index (χ3n) is 2.34. The Hall–Kier alpha value is -2.64. The van der Waals surface area contributed by atoms with Gasteiger partial charge in [0.1, 0.15) is 5.56 Å². The first-order valence-corrected chi connectivity index (χ1v) is 4.91. The molecular weight excluding hydrogens is 264 g/mol. The van der Waals surface area contributed by atoms with Crippen LogP contribution in [0.4, 0.5) is 8.78 Å². The molecule has 2 rings (SSSR count). The van der Waals surface area contributed by atoms with E-state index in [1.807, 2.05) is 0 Å². The summed E-state index contributed by atoms with van der Waals surface area (Å²) in [6.07, 6.45) is 0. The van der Waals surface area contributed by atoms with Crippen LogP contribution in [0.5, 0.6) is 11.5 Å². The lowest BCUT2D eigenvalue weighted by Gasteiger charge is -2.09. The number of carboxylic acid groups (broad SMARTS) is 1. The van der Waals surface area contributed by atoms with Gasteiger partial charge in [-0.3, -0.25) is 0 Å². The minimum Gasteiger partial charge on any atom is -0.504 e. The van der Waals surface area contributed by atoms with Gasteiger partial charge in [-0.15, -0.1) is 0 Å². The predicted molar refractivity (Wildman–Crippen MR) is 57.0 cm³/mol. The van der Waals surface area contributed by atoms with Gasteiger partial charge >= 0.3 is 5.97 Å². The molecule has 1 aromatic heterocycles. The molecule has 1 aromatic carbocycles. The molecule has 0 radical (unpaired) electrons. The number of hydrogen-bond donors (Lipinski definition) is 2. The molecule has 0 bridgehead atoms. The van der Waals surface area contributed by atoms with Crippen molar-refractivity contribution < 1.29 is 33.0 Å². The number of phenolic OH excluding ortho intramolecular Hbond substituents is 1. The van der Waals surface area contributed by atoms with Crippen molar-refractivity contribution >= 4 is 5.97 Å². The number of aromatic carboxylic acids is 1. The van der Waals surface area contributed by atoms with E-state index < -0.39 is 40.4 Å². The summed E-state index contributed by atoms with van der Waals surface area (Å²) in [6, 6.07) is 1.35. The lowest BCUT2D eigenvalue weighted by molar-refractivity contribution is 0.0686. The molecule has 0 saturated carbocycles. The van der Waals surface area contributed by atoms with E-state index in [4.69, 9.17) is 9.84 Å². The number of aromatic hydroxyl groups is 1. The molecule has 0 aliphatic heterocycles. The maximum atomic E-state index is 13.5. The van der Waals surface area contributed by atoms with Gasteiger partial charge < -0.3 is 19.5 Å². The molecule has 0 fully saturated rings. The van der Waals surface area contributed by atoms with Gasteiger partial charge in [0.05, 0.1) is 7.11 Å². The van der Waals surface area contributed by atoms with E-state index in [0.29, 0.717) is 6.07 Å². The number of nitrogens with zero attached hydrogens (tertiary/aromatic N) is 1. The topological polar surface area (TPSA) is 92.8 Å². The predicted octanol–water partition coefficient (Wildman–Crippen LogP) is 2.03. The number of methoxy groups -OCH3 is 1. The number of hydrogen-bond acceptors (Lipinski definition) is 5. The molecule has 0 unspecified atom stereocenters. The average molecular weight is 271 g/mol. The third kappa shape index (κ3) is 2.07. The molecule has 0 saturated heterocycles. The van der Waals surface area contributed by atoms with E-state index in [1.165, 1.54) is 0 Å². The summed E-state index contributed by atoms with van der Waals surface area (Å²) in [5.41, 5.74) is -0.916. The summed E-state index contributed by atoms with van der Waals surface area (Å²) >= 11 is 0. The number of carboxylic acids is 1. The number of rotatable bonds is 3. The van der Waals surface area contributed by atoms with Crippen LogP contribution in [0, 0.1) is 11.6 Å². The Labute approximate surface area is 104 Å². The van der Waals surface area contributed by atoms with Gasteiger partial charge in [-0.05, 0) is 0 Å². The smallest absolute Gasteiger partial charge is 0.358 e. The van der Waals surface area contributed by atoms with Crippen LogP contribution >= 0.6 is 0 Å². The highest BCUT2D eigenvalue weighted by Crippen LogP contribution is 2.41. The Bertz CT molecular complexity index is 653. The Morgan fingerprint density at radius 1 is 1.37 bits per heavy atom. The number of phenols is 1. The fourth-order valence-electron chi connectivity index (χ4n) is 1.51. The maximum absolute atomic E-state index is 13.5. The quantitative estimate of drug-likeness (QED) is 0.887. The lowest BCUT2D eigenvalue weighted by atomic mass is 10.1. The van der Waals surface area contributed by atoms with Gasteiger partial charge in [0.25, 0.3) is 0 Å². The Balaban J connectivity index is 2.69. The second kappa shape index (κ2) is 4.56.